The van der Waals surface area contributed by atoms with Crippen LogP contribution in [0, 0.1) is 5.92 Å². The maximum atomic E-state index is 5.75. The summed E-state index contributed by atoms with van der Waals surface area (Å²) >= 11 is 1.61. The highest BCUT2D eigenvalue weighted by Crippen LogP contribution is 2.26. The highest BCUT2D eigenvalue weighted by atomic mass is 32.2. The molecule has 33 heavy (non-hydrogen) atoms. The number of methoxy groups -OCH3 is 1. The van der Waals surface area contributed by atoms with Gasteiger partial charge in [-0.05, 0) is 74.0 Å². The van der Waals surface area contributed by atoms with Crippen LogP contribution < -0.4 is 9.46 Å². The summed E-state index contributed by atoms with van der Waals surface area (Å²) in [7, 11) is 5.83. The van der Waals surface area contributed by atoms with E-state index in [1.807, 2.05) is 31.2 Å². The Morgan fingerprint density at radius 1 is 1.09 bits per heavy atom. The normalized spacial score (nSPS) is 12.2. The topological polar surface area (TPSA) is 37.0 Å². The molecule has 5 nitrogen and oxygen atoms in total. The molecule has 0 aliphatic heterocycles. The molecule has 1 rings (SSSR count). The molecule has 0 unspecified atom stereocenters. The lowest BCUT2D eigenvalue weighted by Gasteiger charge is -2.27. The Balaban J connectivity index is 2.61. The summed E-state index contributed by atoms with van der Waals surface area (Å²) in [6.45, 7) is 21.4. The van der Waals surface area contributed by atoms with Crippen LogP contribution in [-0.4, -0.2) is 50.7 Å². The van der Waals surface area contributed by atoms with E-state index in [2.05, 4.69) is 75.5 Å². The molecule has 0 saturated carbocycles. The van der Waals surface area contributed by atoms with Gasteiger partial charge in [-0.2, -0.15) is 0 Å². The lowest BCUT2D eigenvalue weighted by Crippen LogP contribution is -2.30. The molecule has 0 heterocycles. The minimum absolute atomic E-state index is 0.513. The van der Waals surface area contributed by atoms with E-state index in [0.717, 1.165) is 60.3 Å². The largest absolute Gasteiger partial charge is 0.500 e. The molecular formula is C27H43N3O2S. The second-order valence-corrected chi connectivity index (χ2v) is 9.49. The third kappa shape index (κ3) is 10.3. The fourth-order valence-electron chi connectivity index (χ4n) is 2.75. The van der Waals surface area contributed by atoms with Crippen LogP contribution in [0.4, 0.5) is 5.69 Å². The van der Waals surface area contributed by atoms with Crippen molar-refractivity contribution in [3.8, 4) is 5.75 Å². The molecule has 0 bridgehead atoms. The van der Waals surface area contributed by atoms with E-state index < -0.39 is 0 Å². The van der Waals surface area contributed by atoms with Crippen molar-refractivity contribution in [1.29, 1.82) is 0 Å². The first-order valence-electron chi connectivity index (χ1n) is 11.5. The van der Waals surface area contributed by atoms with Crippen LogP contribution >= 0.6 is 11.9 Å². The van der Waals surface area contributed by atoms with Gasteiger partial charge in [0.15, 0.2) is 0 Å². The van der Waals surface area contributed by atoms with Crippen LogP contribution in [0.5, 0.6) is 5.75 Å². The summed E-state index contributed by atoms with van der Waals surface area (Å²) in [5, 5.41) is 0. The van der Waals surface area contributed by atoms with E-state index in [1.54, 1.807) is 19.1 Å². The van der Waals surface area contributed by atoms with E-state index in [-0.39, 0.29) is 0 Å². The van der Waals surface area contributed by atoms with Crippen molar-refractivity contribution >= 4 is 17.6 Å². The molecule has 184 valence electrons. The molecule has 0 amide bonds. The zero-order valence-corrected chi connectivity index (χ0v) is 22.6. The number of rotatable bonds is 15. The third-order valence-electron chi connectivity index (χ3n) is 5.41. The van der Waals surface area contributed by atoms with Crippen molar-refractivity contribution in [2.45, 2.75) is 41.0 Å². The summed E-state index contributed by atoms with van der Waals surface area (Å²) < 4.78 is 14.5. The second kappa shape index (κ2) is 14.6. The van der Waals surface area contributed by atoms with Crippen LogP contribution in [0.25, 0.3) is 0 Å². The SMILES string of the molecule is C=C(/C=C(\CC)SNc1ccc(OCC(C)C)cc1)C(=C)N(C)CCN(C)/C(C)=C(/C)OC. The van der Waals surface area contributed by atoms with Gasteiger partial charge in [0.05, 0.1) is 13.7 Å². The Kier molecular flexibility index (Phi) is 12.7. The average Bonchev–Trinajstić information content (AvgIpc) is 2.82. The van der Waals surface area contributed by atoms with Gasteiger partial charge in [-0.15, -0.1) is 0 Å². The van der Waals surface area contributed by atoms with Gasteiger partial charge in [0, 0.05) is 49.2 Å². The number of nitrogens with zero attached hydrogens (tertiary/aromatic N) is 2. The van der Waals surface area contributed by atoms with E-state index >= 15 is 0 Å². The first-order chi connectivity index (χ1) is 15.6. The highest BCUT2D eigenvalue weighted by Gasteiger charge is 2.09. The van der Waals surface area contributed by atoms with Gasteiger partial charge in [0.25, 0.3) is 0 Å². The van der Waals surface area contributed by atoms with Gasteiger partial charge >= 0.3 is 0 Å². The number of ether oxygens (including phenoxy) is 2. The number of hydrogen-bond acceptors (Lipinski definition) is 6. The van der Waals surface area contributed by atoms with Crippen LogP contribution in [0.15, 0.2) is 71.1 Å². The average molecular weight is 474 g/mol. The van der Waals surface area contributed by atoms with Gasteiger partial charge in [-0.1, -0.05) is 33.9 Å². The number of allylic oxidation sites excluding steroid dienone is 4. The lowest BCUT2D eigenvalue weighted by molar-refractivity contribution is 0.261. The van der Waals surface area contributed by atoms with Crippen molar-refractivity contribution in [1.82, 2.24) is 9.80 Å². The predicted octanol–water partition coefficient (Wildman–Crippen LogP) is 6.91. The van der Waals surface area contributed by atoms with Crippen molar-refractivity contribution in [3.63, 3.8) is 0 Å². The van der Waals surface area contributed by atoms with Crippen LogP contribution in [0.2, 0.25) is 0 Å². The van der Waals surface area contributed by atoms with Crippen LogP contribution in [-0.2, 0) is 4.74 Å². The smallest absolute Gasteiger partial charge is 0.119 e. The van der Waals surface area contributed by atoms with Crippen molar-refractivity contribution in [2.24, 2.45) is 5.92 Å². The van der Waals surface area contributed by atoms with Gasteiger partial charge in [-0.3, -0.25) is 0 Å². The number of nitrogens with one attached hydrogen (secondary N) is 1. The molecule has 1 N–H and O–H groups in total. The van der Waals surface area contributed by atoms with Crippen LogP contribution in [0.3, 0.4) is 0 Å². The molecule has 0 aliphatic carbocycles. The maximum absolute atomic E-state index is 5.75. The number of hydrogen-bond donors (Lipinski definition) is 1. The molecule has 0 saturated heterocycles. The molecule has 0 aliphatic rings. The molecule has 1 aromatic carbocycles. The van der Waals surface area contributed by atoms with E-state index in [1.165, 1.54) is 4.91 Å². The summed E-state index contributed by atoms with van der Waals surface area (Å²) in [5.74, 6) is 2.34. The quantitative estimate of drug-likeness (QED) is 0.169. The fourth-order valence-corrected chi connectivity index (χ4v) is 3.48. The van der Waals surface area contributed by atoms with Crippen molar-refractivity contribution in [2.75, 3.05) is 45.6 Å². The fraction of sp³-hybridized carbons (Fsp3) is 0.481. The number of likely N-dealkylation sites (N-methyl/N-ethyl adjacent to an activating group) is 2. The molecule has 1 aromatic rings. The highest BCUT2D eigenvalue weighted by molar-refractivity contribution is 8.04. The standard InChI is InChI=1S/C27H43N3O2S/c1-11-27(33-28-25-12-14-26(15-13-25)32-19-20(2)3)18-21(4)22(5)29(8)16-17-30(9)23(6)24(7)31-10/h12-15,18,20,28H,4-5,11,16-17,19H2,1-3,6-10H3/b24-23-,27-18+. The van der Waals surface area contributed by atoms with Gasteiger partial charge in [0.2, 0.25) is 0 Å². The van der Waals surface area contributed by atoms with Crippen LogP contribution in [0.1, 0.15) is 41.0 Å². The Morgan fingerprint density at radius 3 is 2.24 bits per heavy atom. The first-order valence-corrected chi connectivity index (χ1v) is 12.3. The minimum atomic E-state index is 0.513. The van der Waals surface area contributed by atoms with Gasteiger partial charge < -0.3 is 24.0 Å². The Hall–Kier alpha value is -2.47. The molecule has 6 heteroatoms. The van der Waals surface area contributed by atoms with E-state index in [4.69, 9.17) is 9.47 Å². The Bertz CT molecular complexity index is 828. The van der Waals surface area contributed by atoms with Crippen molar-refractivity contribution in [3.05, 3.63) is 71.1 Å². The summed E-state index contributed by atoms with van der Waals surface area (Å²) in [6.07, 6.45) is 3.02. The second-order valence-electron chi connectivity index (χ2n) is 8.56. The summed E-state index contributed by atoms with van der Waals surface area (Å²) in [5.41, 5.74) is 4.01. The molecular weight excluding hydrogens is 430 g/mol. The van der Waals surface area contributed by atoms with E-state index in [0.29, 0.717) is 5.92 Å². The number of benzene rings is 1. The maximum Gasteiger partial charge on any atom is 0.119 e. The molecule has 0 radical (unpaired) electrons. The third-order valence-corrected chi connectivity index (χ3v) is 6.42. The zero-order valence-electron chi connectivity index (χ0n) is 21.8. The molecule has 0 fully saturated rings. The molecule has 0 spiro atoms. The predicted molar refractivity (Wildman–Crippen MR) is 145 cm³/mol. The Labute approximate surface area is 206 Å². The lowest BCUT2D eigenvalue weighted by atomic mass is 10.2. The minimum Gasteiger partial charge on any atom is -0.500 e. The summed E-state index contributed by atoms with van der Waals surface area (Å²) in [6, 6.07) is 8.07. The Morgan fingerprint density at radius 2 is 1.70 bits per heavy atom. The molecule has 0 aromatic heterocycles. The monoisotopic (exact) mass is 473 g/mol. The summed E-state index contributed by atoms with van der Waals surface area (Å²) in [4.78, 5) is 5.53. The van der Waals surface area contributed by atoms with Crippen molar-refractivity contribution < 1.29 is 9.47 Å². The van der Waals surface area contributed by atoms with Gasteiger partial charge in [-0.25, -0.2) is 0 Å². The zero-order chi connectivity index (χ0) is 25.0. The molecule has 0 atom stereocenters. The first kappa shape index (κ1) is 28.6. The van der Waals surface area contributed by atoms with E-state index in [9.17, 15) is 0 Å². The van der Waals surface area contributed by atoms with Gasteiger partial charge in [0.1, 0.15) is 11.5 Å². The number of anilines is 1.